The van der Waals surface area contributed by atoms with Crippen molar-refractivity contribution in [3.63, 3.8) is 0 Å². The molecule has 1 amide bonds. The highest BCUT2D eigenvalue weighted by Crippen LogP contribution is 2.45. The second kappa shape index (κ2) is 17.7. The number of aromatic nitrogens is 1. The monoisotopic (exact) mass is 757 g/mol. The van der Waals surface area contributed by atoms with Gasteiger partial charge in [0.05, 0.1) is 17.7 Å². The molecule has 1 aromatic heterocycles. The Morgan fingerprint density at radius 3 is 2.15 bits per heavy atom. The zero-order chi connectivity index (χ0) is 40.0. The second-order valence-electron chi connectivity index (χ2n) is 15.3. The summed E-state index contributed by atoms with van der Waals surface area (Å²) >= 11 is 0. The van der Waals surface area contributed by atoms with E-state index in [2.05, 4.69) is 20.9 Å². The fraction of sp³-hybridized carbons (Fsp3) is 0.525. The Balaban J connectivity index is 0.000000244. The lowest BCUT2D eigenvalue weighted by Crippen LogP contribution is -2.55. The summed E-state index contributed by atoms with van der Waals surface area (Å²) in [7, 11) is 0. The number of nitroso groups, excluding NO2 is 1. The Kier molecular flexibility index (Phi) is 13.8. The first-order valence-electron chi connectivity index (χ1n) is 18.4. The topological polar surface area (TPSA) is 133 Å². The molecule has 0 bridgehead atoms. The average molecular weight is 758 g/mol. The van der Waals surface area contributed by atoms with Gasteiger partial charge < -0.3 is 19.9 Å². The predicted octanol–water partition coefficient (Wildman–Crippen LogP) is 8.03. The number of carbonyl (C=O) groups is 2. The van der Waals surface area contributed by atoms with Crippen LogP contribution in [-0.2, 0) is 17.5 Å². The molecule has 2 aliphatic rings. The molecule has 1 saturated carbocycles. The van der Waals surface area contributed by atoms with Crippen molar-refractivity contribution in [3.8, 4) is 11.1 Å². The molecule has 0 unspecified atom stereocenters. The number of likely N-dealkylation sites (tertiary alicyclic amines) is 1. The number of halogens is 4. The van der Waals surface area contributed by atoms with Gasteiger partial charge in [0.1, 0.15) is 17.1 Å². The highest BCUT2D eigenvalue weighted by atomic mass is 19.4. The molecule has 5 rings (SSSR count). The number of nitrogens with zero attached hydrogens (tertiary/aromatic N) is 3. The Labute approximate surface area is 313 Å². The van der Waals surface area contributed by atoms with Gasteiger partial charge in [0.25, 0.3) is 11.5 Å². The Morgan fingerprint density at radius 2 is 1.59 bits per heavy atom. The summed E-state index contributed by atoms with van der Waals surface area (Å²) < 4.78 is 55.6. The van der Waals surface area contributed by atoms with Crippen LogP contribution in [0.1, 0.15) is 102 Å². The lowest BCUT2D eigenvalue weighted by atomic mass is 9.78. The smallest absolute Gasteiger partial charge is 0.431 e. The number of aliphatic carboxylic acids is 1. The number of carboxylic acid groups (broad SMARTS) is 1. The molecule has 10 nitrogen and oxygen atoms in total. The summed E-state index contributed by atoms with van der Waals surface area (Å²) in [6, 6.07) is 8.21. The maximum atomic E-state index is 14.6. The van der Waals surface area contributed by atoms with E-state index >= 15 is 0 Å². The maximum absolute atomic E-state index is 14.6. The number of hydrogen-bond acceptors (Lipinski definition) is 6. The van der Waals surface area contributed by atoms with Crippen molar-refractivity contribution in [2.24, 2.45) is 16.6 Å². The first kappa shape index (κ1) is 42.2. The molecule has 3 N–H and O–H groups in total. The van der Waals surface area contributed by atoms with E-state index in [-0.39, 0.29) is 17.7 Å². The predicted molar refractivity (Wildman–Crippen MR) is 200 cm³/mol. The summed E-state index contributed by atoms with van der Waals surface area (Å²) in [6.07, 6.45) is 0.452. The molecule has 1 saturated heterocycles. The van der Waals surface area contributed by atoms with Crippen molar-refractivity contribution in [2.45, 2.75) is 98.8 Å². The highest BCUT2D eigenvalue weighted by molar-refractivity contribution is 5.93. The van der Waals surface area contributed by atoms with E-state index in [0.29, 0.717) is 30.0 Å². The fourth-order valence-electron chi connectivity index (χ4n) is 7.83. The number of benzene rings is 2. The van der Waals surface area contributed by atoms with Crippen LogP contribution in [0.3, 0.4) is 0 Å². The quantitative estimate of drug-likeness (QED) is 0.0914. The van der Waals surface area contributed by atoms with Gasteiger partial charge in [-0.2, -0.15) is 13.2 Å². The van der Waals surface area contributed by atoms with Crippen LogP contribution < -0.4 is 16.3 Å². The van der Waals surface area contributed by atoms with Gasteiger partial charge in [-0.25, -0.2) is 4.39 Å². The molecule has 1 aliphatic carbocycles. The number of rotatable bonds is 13. The van der Waals surface area contributed by atoms with Crippen molar-refractivity contribution in [1.82, 2.24) is 20.2 Å². The van der Waals surface area contributed by atoms with Crippen LogP contribution >= 0.6 is 0 Å². The van der Waals surface area contributed by atoms with Crippen LogP contribution in [0.25, 0.3) is 11.1 Å². The van der Waals surface area contributed by atoms with Gasteiger partial charge in [0.2, 0.25) is 0 Å². The molecule has 3 aromatic rings. The first-order valence-corrected chi connectivity index (χ1v) is 18.4. The summed E-state index contributed by atoms with van der Waals surface area (Å²) in [5.74, 6) is -1.92. The standard InChI is InChI=1S/C21H30F3N3O2.C19H21FN2O3/c1-15(2)7-10-25-18(28)16-5-6-17(21(22,23)24)27(19(16)29)12-11-26-13-20(14-26)8-3-4-9-20;1-10-5-11(2)18(12(3)6-10)14-7-13(4)19(20)15(8-14)16(21-22-25)9-17(23)24/h5-6,15H,3-4,7-14H2,1-2H3,(H,25,28);5-8,16H,9H2,1-4H3,(H,21,25)(H,23,24)/t;16-/m.0/s1. The molecule has 1 aliphatic heterocycles. The summed E-state index contributed by atoms with van der Waals surface area (Å²) in [5, 5.41) is 14.2. The maximum Gasteiger partial charge on any atom is 0.431 e. The number of amides is 1. The third-order valence-electron chi connectivity index (χ3n) is 10.3. The summed E-state index contributed by atoms with van der Waals surface area (Å²) in [4.78, 5) is 48.8. The lowest BCUT2D eigenvalue weighted by Gasteiger charge is -2.48. The lowest BCUT2D eigenvalue weighted by molar-refractivity contribution is -0.144. The Bertz CT molecular complexity index is 1870. The van der Waals surface area contributed by atoms with Gasteiger partial charge in [-0.05, 0) is 110 Å². The fourth-order valence-corrected chi connectivity index (χ4v) is 7.83. The van der Waals surface area contributed by atoms with Crippen molar-refractivity contribution in [3.05, 3.63) is 96.6 Å². The second-order valence-corrected chi connectivity index (χ2v) is 15.3. The molecule has 1 spiro atoms. The number of aryl methyl sites for hydroxylation is 4. The molecular weight excluding hydrogens is 706 g/mol. The molecule has 2 aromatic carbocycles. The van der Waals surface area contributed by atoms with Crippen molar-refractivity contribution in [1.29, 1.82) is 0 Å². The summed E-state index contributed by atoms with van der Waals surface area (Å²) in [5.41, 5.74) is 5.88. The van der Waals surface area contributed by atoms with E-state index in [1.54, 1.807) is 19.1 Å². The average Bonchev–Trinajstić information content (AvgIpc) is 3.54. The van der Waals surface area contributed by atoms with Crippen LogP contribution in [0.15, 0.2) is 46.5 Å². The minimum absolute atomic E-state index is 0.0725. The number of carbonyl (C=O) groups excluding carboxylic acids is 1. The molecule has 2 fully saturated rings. The highest BCUT2D eigenvalue weighted by Gasteiger charge is 2.44. The van der Waals surface area contributed by atoms with Gasteiger partial charge >= 0.3 is 12.1 Å². The molecule has 1 atom stereocenters. The number of nitrogens with one attached hydrogen (secondary N) is 2. The van der Waals surface area contributed by atoms with Gasteiger partial charge in [-0.15, -0.1) is 4.91 Å². The number of pyridine rings is 1. The van der Waals surface area contributed by atoms with E-state index in [0.717, 1.165) is 64.0 Å². The van der Waals surface area contributed by atoms with E-state index in [1.165, 1.54) is 25.7 Å². The minimum atomic E-state index is -4.65. The third-order valence-corrected chi connectivity index (χ3v) is 10.3. The van der Waals surface area contributed by atoms with Gasteiger partial charge in [0, 0.05) is 38.3 Å². The van der Waals surface area contributed by atoms with Gasteiger partial charge in [-0.1, -0.05) is 44.4 Å². The Hall–Kier alpha value is -4.59. The largest absolute Gasteiger partial charge is 0.481 e. The Morgan fingerprint density at radius 1 is 0.963 bits per heavy atom. The number of carboxylic acids is 1. The zero-order valence-electron chi connectivity index (χ0n) is 31.8. The molecule has 54 heavy (non-hydrogen) atoms. The number of hydrogen-bond donors (Lipinski definition) is 3. The summed E-state index contributed by atoms with van der Waals surface area (Å²) in [6.45, 7) is 14.1. The van der Waals surface area contributed by atoms with Crippen LogP contribution in [0, 0.1) is 49.8 Å². The zero-order valence-corrected chi connectivity index (χ0v) is 31.8. The first-order chi connectivity index (χ1) is 25.4. The number of alkyl halides is 3. The molecule has 2 heterocycles. The third kappa shape index (κ3) is 10.3. The van der Waals surface area contributed by atoms with E-state index in [4.69, 9.17) is 5.11 Å². The SMILES string of the molecule is CC(C)CCNC(=O)c1ccc(C(F)(F)F)n(CCN2CC3(CCCC3)C2)c1=O.Cc1cc(C)c(-c2cc(C)c(F)c([C@H](CC(=O)O)NN=O)c2)c(C)c1. The molecule has 0 radical (unpaired) electrons. The van der Waals surface area contributed by atoms with Crippen LogP contribution in [-0.4, -0.2) is 52.6 Å². The van der Waals surface area contributed by atoms with Gasteiger partial charge in [-0.3, -0.25) is 19.8 Å². The normalized spacial score (nSPS) is 15.7. The van der Waals surface area contributed by atoms with Crippen molar-refractivity contribution >= 4 is 11.9 Å². The van der Waals surface area contributed by atoms with E-state index in [9.17, 15) is 36.9 Å². The van der Waals surface area contributed by atoms with E-state index < -0.39 is 47.6 Å². The minimum Gasteiger partial charge on any atom is -0.481 e. The molecule has 14 heteroatoms. The van der Waals surface area contributed by atoms with Crippen LogP contribution in [0.4, 0.5) is 17.6 Å². The molecule has 294 valence electrons. The molecular formula is C40H51F4N5O5. The van der Waals surface area contributed by atoms with Crippen LogP contribution in [0.5, 0.6) is 0 Å². The van der Waals surface area contributed by atoms with E-state index in [1.807, 2.05) is 46.8 Å². The van der Waals surface area contributed by atoms with Crippen LogP contribution in [0.2, 0.25) is 0 Å². The van der Waals surface area contributed by atoms with Gasteiger partial charge in [0.15, 0.2) is 0 Å². The van der Waals surface area contributed by atoms with Crippen molar-refractivity contribution in [2.75, 3.05) is 26.2 Å². The van der Waals surface area contributed by atoms with Crippen molar-refractivity contribution < 1.29 is 32.3 Å².